The normalized spacial score (nSPS) is 9.74. The van der Waals surface area contributed by atoms with Gasteiger partial charge in [-0.05, 0) is 19.1 Å². The van der Waals surface area contributed by atoms with Crippen molar-refractivity contribution < 1.29 is 0 Å². The molecule has 0 aliphatic carbocycles. The van der Waals surface area contributed by atoms with Gasteiger partial charge >= 0.3 is 0 Å². The number of aryl methyl sites for hydroxylation is 1. The summed E-state index contributed by atoms with van der Waals surface area (Å²) in [5.41, 5.74) is 2.18. The molecule has 1 heterocycles. The summed E-state index contributed by atoms with van der Waals surface area (Å²) in [6.45, 7) is 2.34. The van der Waals surface area contributed by atoms with E-state index in [0.717, 1.165) is 5.69 Å². The van der Waals surface area contributed by atoms with Crippen molar-refractivity contribution in [3.8, 4) is 6.07 Å². The Morgan fingerprint density at radius 3 is 2.68 bits per heavy atom. The van der Waals surface area contributed by atoms with Gasteiger partial charge in [0.1, 0.15) is 24.5 Å². The second-order valence-corrected chi connectivity index (χ2v) is 4.27. The molecular weight excluding hydrogens is 238 g/mol. The lowest BCUT2D eigenvalue weighted by Crippen LogP contribution is -2.18. The summed E-state index contributed by atoms with van der Waals surface area (Å²) < 4.78 is 0. The molecule has 0 saturated carbocycles. The van der Waals surface area contributed by atoms with Gasteiger partial charge in [0.15, 0.2) is 0 Å². The topological polar surface area (TPSA) is 64.8 Å². The Morgan fingerprint density at radius 2 is 2.00 bits per heavy atom. The van der Waals surface area contributed by atoms with Crippen molar-refractivity contribution in [2.45, 2.75) is 6.92 Å². The Labute approximate surface area is 112 Å². The number of hydrogen-bond donors (Lipinski definition) is 1. The molecular formula is C14H15N5. The first-order valence-electron chi connectivity index (χ1n) is 5.93. The zero-order chi connectivity index (χ0) is 13.7. The molecule has 1 aromatic heterocycles. The lowest BCUT2D eigenvalue weighted by molar-refractivity contribution is 0.981. The minimum absolute atomic E-state index is 0.293. The number of nitriles is 1. The van der Waals surface area contributed by atoms with Gasteiger partial charge < -0.3 is 10.2 Å². The van der Waals surface area contributed by atoms with E-state index in [-0.39, 0.29) is 0 Å². The van der Waals surface area contributed by atoms with Crippen molar-refractivity contribution >= 4 is 17.3 Å². The highest BCUT2D eigenvalue weighted by atomic mass is 15.2. The molecule has 1 aromatic carbocycles. The summed E-state index contributed by atoms with van der Waals surface area (Å²) >= 11 is 0. The van der Waals surface area contributed by atoms with Crippen molar-refractivity contribution in [2.24, 2.45) is 0 Å². The van der Waals surface area contributed by atoms with Crippen molar-refractivity contribution in [3.63, 3.8) is 0 Å². The molecule has 0 atom stereocenters. The predicted molar refractivity (Wildman–Crippen MR) is 75.4 cm³/mol. The van der Waals surface area contributed by atoms with Gasteiger partial charge in [0.05, 0.1) is 6.07 Å². The van der Waals surface area contributed by atoms with Crippen LogP contribution < -0.4 is 10.2 Å². The van der Waals surface area contributed by atoms with Crippen LogP contribution in [0.5, 0.6) is 0 Å². The molecule has 0 radical (unpaired) electrons. The quantitative estimate of drug-likeness (QED) is 0.848. The second-order valence-electron chi connectivity index (χ2n) is 4.27. The Kier molecular flexibility index (Phi) is 3.94. The second kappa shape index (κ2) is 5.83. The van der Waals surface area contributed by atoms with E-state index in [2.05, 4.69) is 21.4 Å². The van der Waals surface area contributed by atoms with E-state index >= 15 is 0 Å². The largest absolute Gasteiger partial charge is 0.346 e. The third kappa shape index (κ3) is 3.42. The molecule has 1 N–H and O–H groups in total. The summed E-state index contributed by atoms with van der Waals surface area (Å²) in [6, 6.07) is 12.0. The molecule has 19 heavy (non-hydrogen) atoms. The molecule has 0 spiro atoms. The van der Waals surface area contributed by atoms with Crippen LogP contribution in [-0.2, 0) is 0 Å². The van der Waals surface area contributed by atoms with Crippen molar-refractivity contribution in [3.05, 3.63) is 42.2 Å². The van der Waals surface area contributed by atoms with Crippen LogP contribution in [0.3, 0.4) is 0 Å². The van der Waals surface area contributed by atoms with Crippen LogP contribution in [0.2, 0.25) is 0 Å². The van der Waals surface area contributed by atoms with Crippen LogP contribution in [0.4, 0.5) is 17.3 Å². The predicted octanol–water partition coefficient (Wildman–Crippen LogP) is 2.49. The highest BCUT2D eigenvalue weighted by molar-refractivity contribution is 5.59. The smallest absolute Gasteiger partial charge is 0.135 e. The zero-order valence-electron chi connectivity index (χ0n) is 11.0. The van der Waals surface area contributed by atoms with Crippen LogP contribution in [0.1, 0.15) is 5.56 Å². The lowest BCUT2D eigenvalue weighted by atomic mass is 10.2. The van der Waals surface area contributed by atoms with Crippen molar-refractivity contribution in [1.29, 1.82) is 5.26 Å². The first kappa shape index (κ1) is 12.8. The van der Waals surface area contributed by atoms with Gasteiger partial charge in [0.2, 0.25) is 0 Å². The molecule has 0 aliphatic rings. The summed E-state index contributed by atoms with van der Waals surface area (Å²) in [4.78, 5) is 10.1. The number of anilines is 3. The summed E-state index contributed by atoms with van der Waals surface area (Å²) in [5, 5.41) is 11.9. The average Bonchev–Trinajstić information content (AvgIpc) is 2.42. The fraction of sp³-hybridized carbons (Fsp3) is 0.214. The SMILES string of the molecule is Cc1ccc(Nc2cc(N(C)CC#N)ncn2)cc1. The third-order valence-electron chi connectivity index (χ3n) is 2.68. The van der Waals surface area contributed by atoms with E-state index in [9.17, 15) is 0 Å². The highest BCUT2D eigenvalue weighted by Gasteiger charge is 2.04. The molecule has 0 amide bonds. The fourth-order valence-electron chi connectivity index (χ4n) is 1.60. The molecule has 2 aromatic rings. The van der Waals surface area contributed by atoms with Crippen LogP contribution in [-0.4, -0.2) is 23.6 Å². The molecule has 0 bridgehead atoms. The standard InChI is InChI=1S/C14H15N5/c1-11-3-5-12(6-4-11)18-13-9-14(17-10-16-13)19(2)8-7-15/h3-6,9-10H,8H2,1-2H3,(H,16,17,18). The third-order valence-corrected chi connectivity index (χ3v) is 2.68. The van der Waals surface area contributed by atoms with E-state index in [1.165, 1.54) is 11.9 Å². The van der Waals surface area contributed by atoms with Gasteiger partial charge in [-0.1, -0.05) is 17.7 Å². The Bertz CT molecular complexity index is 586. The van der Waals surface area contributed by atoms with E-state index in [1.807, 2.05) is 44.3 Å². The maximum Gasteiger partial charge on any atom is 0.135 e. The summed E-state index contributed by atoms with van der Waals surface area (Å²) in [5.74, 6) is 1.42. The zero-order valence-corrected chi connectivity index (χ0v) is 11.0. The minimum atomic E-state index is 0.293. The van der Waals surface area contributed by atoms with Gasteiger partial charge in [0, 0.05) is 18.8 Å². The summed E-state index contributed by atoms with van der Waals surface area (Å²) in [7, 11) is 1.82. The molecule has 0 fully saturated rings. The van der Waals surface area contributed by atoms with Gasteiger partial charge in [-0.3, -0.25) is 0 Å². The van der Waals surface area contributed by atoms with Gasteiger partial charge in [-0.15, -0.1) is 0 Å². The monoisotopic (exact) mass is 253 g/mol. The van der Waals surface area contributed by atoms with E-state index < -0.39 is 0 Å². The first-order chi connectivity index (χ1) is 9.19. The van der Waals surface area contributed by atoms with Crippen LogP contribution in [0.15, 0.2) is 36.7 Å². The molecule has 5 heteroatoms. The maximum absolute atomic E-state index is 8.68. The lowest BCUT2D eigenvalue weighted by Gasteiger charge is -2.14. The van der Waals surface area contributed by atoms with Crippen LogP contribution in [0, 0.1) is 18.3 Å². The number of aromatic nitrogens is 2. The van der Waals surface area contributed by atoms with Gasteiger partial charge in [0.25, 0.3) is 0 Å². The van der Waals surface area contributed by atoms with E-state index in [1.54, 1.807) is 4.90 Å². The van der Waals surface area contributed by atoms with Crippen molar-refractivity contribution in [1.82, 2.24) is 9.97 Å². The number of nitrogens with one attached hydrogen (secondary N) is 1. The Balaban J connectivity index is 2.15. The Hall–Kier alpha value is -2.61. The Morgan fingerprint density at radius 1 is 1.26 bits per heavy atom. The molecule has 96 valence electrons. The van der Waals surface area contributed by atoms with Crippen LogP contribution in [0.25, 0.3) is 0 Å². The number of benzene rings is 1. The van der Waals surface area contributed by atoms with E-state index in [0.29, 0.717) is 18.2 Å². The van der Waals surface area contributed by atoms with E-state index in [4.69, 9.17) is 5.26 Å². The molecule has 0 unspecified atom stereocenters. The average molecular weight is 253 g/mol. The van der Waals surface area contributed by atoms with Crippen molar-refractivity contribution in [2.75, 3.05) is 23.8 Å². The number of rotatable bonds is 4. The minimum Gasteiger partial charge on any atom is -0.346 e. The molecule has 5 nitrogen and oxygen atoms in total. The number of hydrogen-bond acceptors (Lipinski definition) is 5. The van der Waals surface area contributed by atoms with Gasteiger partial charge in [-0.2, -0.15) is 5.26 Å². The maximum atomic E-state index is 8.68. The molecule has 0 saturated heterocycles. The van der Waals surface area contributed by atoms with Crippen LogP contribution >= 0.6 is 0 Å². The molecule has 0 aliphatic heterocycles. The fourth-order valence-corrected chi connectivity index (χ4v) is 1.60. The molecule has 2 rings (SSSR count). The highest BCUT2D eigenvalue weighted by Crippen LogP contribution is 2.18. The number of nitrogens with zero attached hydrogens (tertiary/aromatic N) is 4. The summed E-state index contributed by atoms with van der Waals surface area (Å²) in [6.07, 6.45) is 1.49. The first-order valence-corrected chi connectivity index (χ1v) is 5.93. The van der Waals surface area contributed by atoms with Gasteiger partial charge in [-0.25, -0.2) is 9.97 Å².